The summed E-state index contributed by atoms with van der Waals surface area (Å²) in [7, 11) is 0. The maximum atomic E-state index is 13.0. The molecule has 27 heavy (non-hydrogen) atoms. The standard InChI is InChI=1S/C20H20ClN3O2S/c1-3-26-16-10-9-13(11-15(16)21)18-17(12(2)22-20(27)24-18)19(25)23-14-7-5-4-6-8-14/h4-11,18H,3H2,1-2H3,(H,23,25)(H2,22,24,27)/t18-/m1/s1. The summed E-state index contributed by atoms with van der Waals surface area (Å²) in [5.41, 5.74) is 2.79. The molecule has 0 radical (unpaired) electrons. The van der Waals surface area contributed by atoms with Crippen LogP contribution in [0.3, 0.4) is 0 Å². The highest BCUT2D eigenvalue weighted by atomic mass is 35.5. The number of hydrogen-bond acceptors (Lipinski definition) is 3. The fraction of sp³-hybridized carbons (Fsp3) is 0.200. The first-order valence-electron chi connectivity index (χ1n) is 8.56. The Balaban J connectivity index is 1.94. The van der Waals surface area contributed by atoms with Gasteiger partial charge in [-0.3, -0.25) is 4.79 Å². The number of para-hydroxylation sites is 1. The molecule has 0 bridgehead atoms. The third-order valence-electron chi connectivity index (χ3n) is 4.13. The number of hydrogen-bond donors (Lipinski definition) is 3. The van der Waals surface area contributed by atoms with Gasteiger partial charge in [0.2, 0.25) is 0 Å². The van der Waals surface area contributed by atoms with Crippen molar-refractivity contribution in [3.05, 3.63) is 70.4 Å². The van der Waals surface area contributed by atoms with Crippen molar-refractivity contribution in [1.29, 1.82) is 0 Å². The number of amides is 1. The van der Waals surface area contributed by atoms with Crippen LogP contribution < -0.4 is 20.7 Å². The van der Waals surface area contributed by atoms with E-state index < -0.39 is 6.04 Å². The molecule has 5 nitrogen and oxygen atoms in total. The van der Waals surface area contributed by atoms with Gasteiger partial charge in [-0.25, -0.2) is 0 Å². The molecule has 3 rings (SSSR count). The molecule has 0 aliphatic carbocycles. The van der Waals surface area contributed by atoms with Crippen LogP contribution in [0.5, 0.6) is 5.75 Å². The molecular formula is C20H20ClN3O2S. The Bertz CT molecular complexity index is 899. The zero-order valence-electron chi connectivity index (χ0n) is 15.0. The van der Waals surface area contributed by atoms with Crippen LogP contribution in [0.25, 0.3) is 0 Å². The Hall–Kier alpha value is -2.57. The molecule has 2 aromatic rings. The van der Waals surface area contributed by atoms with E-state index in [4.69, 9.17) is 28.6 Å². The van der Waals surface area contributed by atoms with Gasteiger partial charge in [0, 0.05) is 11.4 Å². The summed E-state index contributed by atoms with van der Waals surface area (Å²) < 4.78 is 5.49. The van der Waals surface area contributed by atoms with Crippen LogP contribution in [0.4, 0.5) is 5.69 Å². The smallest absolute Gasteiger partial charge is 0.255 e. The molecule has 0 saturated carbocycles. The molecule has 0 saturated heterocycles. The Morgan fingerprint density at radius 1 is 1.26 bits per heavy atom. The topological polar surface area (TPSA) is 62.4 Å². The van der Waals surface area contributed by atoms with Crippen molar-refractivity contribution in [2.24, 2.45) is 0 Å². The van der Waals surface area contributed by atoms with Gasteiger partial charge in [0.25, 0.3) is 5.91 Å². The van der Waals surface area contributed by atoms with Crippen LogP contribution in [-0.4, -0.2) is 17.6 Å². The van der Waals surface area contributed by atoms with Gasteiger partial charge < -0.3 is 20.7 Å². The molecule has 0 unspecified atom stereocenters. The van der Waals surface area contributed by atoms with Crippen molar-refractivity contribution < 1.29 is 9.53 Å². The number of thiocarbonyl (C=S) groups is 1. The minimum atomic E-state index is -0.421. The summed E-state index contributed by atoms with van der Waals surface area (Å²) in [4.78, 5) is 13.0. The zero-order chi connectivity index (χ0) is 19.4. The number of carbonyl (C=O) groups is 1. The molecule has 140 valence electrons. The van der Waals surface area contributed by atoms with Gasteiger partial charge in [0.05, 0.1) is 23.2 Å². The van der Waals surface area contributed by atoms with E-state index in [9.17, 15) is 4.79 Å². The first-order chi connectivity index (χ1) is 13.0. The van der Waals surface area contributed by atoms with Crippen LogP contribution in [0.2, 0.25) is 5.02 Å². The number of anilines is 1. The fourth-order valence-electron chi connectivity index (χ4n) is 2.93. The summed E-state index contributed by atoms with van der Waals surface area (Å²) in [6.07, 6.45) is 0. The maximum Gasteiger partial charge on any atom is 0.255 e. The van der Waals surface area contributed by atoms with E-state index in [-0.39, 0.29) is 5.91 Å². The number of halogens is 1. The van der Waals surface area contributed by atoms with E-state index in [0.29, 0.717) is 33.8 Å². The molecule has 0 aromatic heterocycles. The highest BCUT2D eigenvalue weighted by Crippen LogP contribution is 2.33. The first-order valence-corrected chi connectivity index (χ1v) is 9.35. The summed E-state index contributed by atoms with van der Waals surface area (Å²) in [6, 6.07) is 14.4. The molecule has 7 heteroatoms. The van der Waals surface area contributed by atoms with Gasteiger partial charge in [-0.05, 0) is 55.9 Å². The fourth-order valence-corrected chi connectivity index (χ4v) is 3.45. The van der Waals surface area contributed by atoms with Crippen molar-refractivity contribution in [2.45, 2.75) is 19.9 Å². The van der Waals surface area contributed by atoms with E-state index in [2.05, 4.69) is 16.0 Å². The maximum absolute atomic E-state index is 13.0. The van der Waals surface area contributed by atoms with Crippen molar-refractivity contribution in [3.63, 3.8) is 0 Å². The summed E-state index contributed by atoms with van der Waals surface area (Å²) in [5.74, 6) is 0.395. The normalized spacial score (nSPS) is 16.4. The second-order valence-electron chi connectivity index (χ2n) is 6.01. The Morgan fingerprint density at radius 2 is 2.00 bits per heavy atom. The van der Waals surface area contributed by atoms with Gasteiger partial charge in [-0.2, -0.15) is 0 Å². The van der Waals surface area contributed by atoms with Gasteiger partial charge in [0.15, 0.2) is 5.11 Å². The molecule has 1 aliphatic rings. The van der Waals surface area contributed by atoms with Crippen molar-refractivity contribution in [2.75, 3.05) is 11.9 Å². The lowest BCUT2D eigenvalue weighted by atomic mass is 9.94. The minimum absolute atomic E-state index is 0.212. The van der Waals surface area contributed by atoms with Gasteiger partial charge in [-0.15, -0.1) is 0 Å². The van der Waals surface area contributed by atoms with Gasteiger partial charge >= 0.3 is 0 Å². The van der Waals surface area contributed by atoms with Crippen molar-refractivity contribution in [3.8, 4) is 5.75 Å². The predicted octanol–water partition coefficient (Wildman–Crippen LogP) is 4.17. The van der Waals surface area contributed by atoms with Crippen molar-refractivity contribution in [1.82, 2.24) is 10.6 Å². The largest absolute Gasteiger partial charge is 0.492 e. The predicted molar refractivity (Wildman–Crippen MR) is 112 cm³/mol. The number of allylic oxidation sites excluding steroid dienone is 1. The lowest BCUT2D eigenvalue weighted by Gasteiger charge is -2.30. The third-order valence-corrected chi connectivity index (χ3v) is 4.65. The Kier molecular flexibility index (Phi) is 5.98. The highest BCUT2D eigenvalue weighted by Gasteiger charge is 2.30. The van der Waals surface area contributed by atoms with E-state index in [1.165, 1.54) is 0 Å². The molecule has 1 heterocycles. The number of nitrogens with one attached hydrogen (secondary N) is 3. The molecule has 1 atom stereocenters. The number of ether oxygens (including phenoxy) is 1. The Morgan fingerprint density at radius 3 is 2.67 bits per heavy atom. The van der Waals surface area contributed by atoms with E-state index in [0.717, 1.165) is 11.3 Å². The molecule has 3 N–H and O–H groups in total. The monoisotopic (exact) mass is 401 g/mol. The third kappa shape index (κ3) is 4.40. The van der Waals surface area contributed by atoms with Crippen LogP contribution in [0.1, 0.15) is 25.5 Å². The van der Waals surface area contributed by atoms with Gasteiger partial charge in [0.1, 0.15) is 5.75 Å². The molecule has 2 aromatic carbocycles. The molecule has 1 aliphatic heterocycles. The van der Waals surface area contributed by atoms with Crippen LogP contribution in [0, 0.1) is 0 Å². The molecule has 1 amide bonds. The van der Waals surface area contributed by atoms with Gasteiger partial charge in [-0.1, -0.05) is 35.9 Å². The lowest BCUT2D eigenvalue weighted by Crippen LogP contribution is -2.45. The first kappa shape index (κ1) is 19.2. The van der Waals surface area contributed by atoms with Crippen molar-refractivity contribution >= 4 is 40.5 Å². The summed E-state index contributed by atoms with van der Waals surface area (Å²) in [5, 5.41) is 10.1. The van der Waals surface area contributed by atoms with Crippen LogP contribution >= 0.6 is 23.8 Å². The zero-order valence-corrected chi connectivity index (χ0v) is 16.6. The minimum Gasteiger partial charge on any atom is -0.492 e. The molecule has 0 fully saturated rings. The average molecular weight is 402 g/mol. The Labute approximate surface area is 168 Å². The van der Waals surface area contributed by atoms with Crippen LogP contribution in [-0.2, 0) is 4.79 Å². The van der Waals surface area contributed by atoms with E-state index in [1.54, 1.807) is 12.1 Å². The van der Waals surface area contributed by atoms with E-state index >= 15 is 0 Å². The molecular weight excluding hydrogens is 382 g/mol. The highest BCUT2D eigenvalue weighted by molar-refractivity contribution is 7.80. The SMILES string of the molecule is CCOc1ccc([C@H]2NC(=S)NC(C)=C2C(=O)Nc2ccccc2)cc1Cl. The second kappa shape index (κ2) is 8.41. The van der Waals surface area contributed by atoms with E-state index in [1.807, 2.05) is 50.2 Å². The number of benzene rings is 2. The lowest BCUT2D eigenvalue weighted by molar-refractivity contribution is -0.113. The van der Waals surface area contributed by atoms with Crippen LogP contribution in [0.15, 0.2) is 59.8 Å². The number of carbonyl (C=O) groups excluding carboxylic acids is 1. The second-order valence-corrected chi connectivity index (χ2v) is 6.83. The molecule has 0 spiro atoms. The number of rotatable bonds is 5. The summed E-state index contributed by atoms with van der Waals surface area (Å²) in [6.45, 7) is 4.25. The summed E-state index contributed by atoms with van der Waals surface area (Å²) >= 11 is 11.6. The average Bonchev–Trinajstić information content (AvgIpc) is 2.63. The quantitative estimate of drug-likeness (QED) is 0.656.